The van der Waals surface area contributed by atoms with E-state index < -0.39 is 6.17 Å². The van der Waals surface area contributed by atoms with Crippen LogP contribution in [0.4, 0.5) is 4.39 Å². The molecule has 0 aromatic carbocycles. The fraction of sp³-hybridized carbons (Fsp3) is 0.588. The number of aryl methyl sites for hydroxylation is 3. The summed E-state index contributed by atoms with van der Waals surface area (Å²) >= 11 is 0. The lowest BCUT2D eigenvalue weighted by atomic mass is 10.1. The minimum absolute atomic E-state index is 0.0406. The van der Waals surface area contributed by atoms with Gasteiger partial charge in [-0.05, 0) is 20.3 Å². The number of likely N-dealkylation sites (N-methyl/N-ethyl adjacent to an activating group) is 1. The lowest BCUT2D eigenvalue weighted by molar-refractivity contribution is 0.0746. The van der Waals surface area contributed by atoms with Crippen molar-refractivity contribution in [1.29, 1.82) is 0 Å². The fourth-order valence-corrected chi connectivity index (χ4v) is 3.41. The third kappa shape index (κ3) is 3.58. The van der Waals surface area contributed by atoms with Gasteiger partial charge in [0.15, 0.2) is 0 Å². The Balaban J connectivity index is 1.69. The van der Waals surface area contributed by atoms with Crippen molar-refractivity contribution < 1.29 is 13.7 Å². The second-order valence-corrected chi connectivity index (χ2v) is 6.76. The lowest BCUT2D eigenvalue weighted by Crippen LogP contribution is -2.41. The molecule has 0 saturated carbocycles. The first kappa shape index (κ1) is 17.6. The minimum atomic E-state index is -0.882. The van der Waals surface area contributed by atoms with Gasteiger partial charge < -0.3 is 14.0 Å². The summed E-state index contributed by atoms with van der Waals surface area (Å²) in [4.78, 5) is 20.7. The number of imidazole rings is 1. The quantitative estimate of drug-likeness (QED) is 0.822. The molecule has 1 aliphatic heterocycles. The molecule has 136 valence electrons. The highest BCUT2D eigenvalue weighted by Gasteiger charge is 2.34. The van der Waals surface area contributed by atoms with E-state index in [2.05, 4.69) is 15.0 Å². The van der Waals surface area contributed by atoms with Crippen LogP contribution in [0.2, 0.25) is 0 Å². The van der Waals surface area contributed by atoms with Gasteiger partial charge in [-0.3, -0.25) is 9.69 Å². The minimum Gasteiger partial charge on any atom is -0.361 e. The molecule has 0 spiro atoms. The summed E-state index contributed by atoms with van der Waals surface area (Å²) in [7, 11) is 3.66. The summed E-state index contributed by atoms with van der Waals surface area (Å²) in [6.45, 7) is 4.86. The van der Waals surface area contributed by atoms with Crippen molar-refractivity contribution in [2.24, 2.45) is 7.05 Å². The van der Waals surface area contributed by atoms with Gasteiger partial charge in [-0.25, -0.2) is 9.37 Å². The number of carbonyl (C=O) groups is 1. The maximum Gasteiger partial charge on any atom is 0.259 e. The predicted molar refractivity (Wildman–Crippen MR) is 89.9 cm³/mol. The number of aromatic nitrogens is 3. The molecule has 1 aliphatic rings. The number of amides is 1. The summed E-state index contributed by atoms with van der Waals surface area (Å²) < 4.78 is 21.0. The fourth-order valence-electron chi connectivity index (χ4n) is 3.41. The van der Waals surface area contributed by atoms with E-state index in [-0.39, 0.29) is 11.9 Å². The van der Waals surface area contributed by atoms with Crippen LogP contribution in [0.25, 0.3) is 0 Å². The first-order valence-electron chi connectivity index (χ1n) is 8.39. The second-order valence-electron chi connectivity index (χ2n) is 6.76. The zero-order valence-electron chi connectivity index (χ0n) is 15.1. The standard InChI is InChI=1S/C17H24FN5O2/c1-11-16(12(2)25-20-11)17(24)22(4)9-14-7-13(18)8-23(14)10-15-19-5-6-21(15)3/h5-6,13-14H,7-10H2,1-4H3/t13-,14-/m0/s1. The predicted octanol–water partition coefficient (Wildman–Crippen LogP) is 1.71. The Bertz CT molecular complexity index is 737. The topological polar surface area (TPSA) is 67.4 Å². The highest BCUT2D eigenvalue weighted by molar-refractivity contribution is 5.95. The van der Waals surface area contributed by atoms with E-state index in [1.54, 1.807) is 32.0 Å². The number of alkyl halides is 1. The van der Waals surface area contributed by atoms with E-state index in [1.807, 2.05) is 17.8 Å². The first-order chi connectivity index (χ1) is 11.9. The van der Waals surface area contributed by atoms with E-state index in [9.17, 15) is 9.18 Å². The molecule has 2 aromatic rings. The Morgan fingerprint density at radius 2 is 2.24 bits per heavy atom. The highest BCUT2D eigenvalue weighted by atomic mass is 19.1. The van der Waals surface area contributed by atoms with E-state index in [1.165, 1.54) is 0 Å². The van der Waals surface area contributed by atoms with Gasteiger partial charge in [0.05, 0.1) is 12.2 Å². The number of nitrogens with zero attached hydrogens (tertiary/aromatic N) is 5. The molecule has 0 aliphatic carbocycles. The second kappa shape index (κ2) is 6.95. The third-order valence-electron chi connectivity index (χ3n) is 4.82. The van der Waals surface area contributed by atoms with Gasteiger partial charge in [0.1, 0.15) is 23.3 Å². The molecule has 2 atom stereocenters. The highest BCUT2D eigenvalue weighted by Crippen LogP contribution is 2.24. The van der Waals surface area contributed by atoms with Crippen LogP contribution in [0.5, 0.6) is 0 Å². The van der Waals surface area contributed by atoms with Crippen LogP contribution in [-0.2, 0) is 13.6 Å². The Hall–Kier alpha value is -2.22. The van der Waals surface area contributed by atoms with Gasteiger partial charge in [-0.15, -0.1) is 0 Å². The van der Waals surface area contributed by atoms with Crippen LogP contribution >= 0.6 is 0 Å². The van der Waals surface area contributed by atoms with Gasteiger partial charge in [0.2, 0.25) is 0 Å². The van der Waals surface area contributed by atoms with Gasteiger partial charge in [0.25, 0.3) is 5.91 Å². The molecule has 0 bridgehead atoms. The zero-order valence-corrected chi connectivity index (χ0v) is 15.1. The third-order valence-corrected chi connectivity index (χ3v) is 4.82. The average molecular weight is 349 g/mol. The molecule has 2 aromatic heterocycles. The average Bonchev–Trinajstić information content (AvgIpc) is 3.21. The zero-order chi connectivity index (χ0) is 18.1. The number of hydrogen-bond donors (Lipinski definition) is 0. The Labute approximate surface area is 146 Å². The molecule has 1 saturated heterocycles. The van der Waals surface area contributed by atoms with Crippen molar-refractivity contribution in [3.8, 4) is 0 Å². The number of halogens is 1. The summed E-state index contributed by atoms with van der Waals surface area (Å²) in [5.74, 6) is 1.25. The summed E-state index contributed by atoms with van der Waals surface area (Å²) in [5, 5.41) is 3.83. The van der Waals surface area contributed by atoms with Crippen LogP contribution in [0.1, 0.15) is 34.1 Å². The lowest BCUT2D eigenvalue weighted by Gasteiger charge is -2.28. The van der Waals surface area contributed by atoms with Crippen molar-refractivity contribution >= 4 is 5.91 Å². The SMILES string of the molecule is Cc1noc(C)c1C(=O)N(C)C[C@@H]1C[C@H](F)CN1Cc1nccn1C. The summed E-state index contributed by atoms with van der Waals surface area (Å²) in [5.41, 5.74) is 1.07. The molecular weight excluding hydrogens is 325 g/mol. The van der Waals surface area contributed by atoms with E-state index in [4.69, 9.17) is 4.52 Å². The van der Waals surface area contributed by atoms with Crippen molar-refractivity contribution in [3.05, 3.63) is 35.2 Å². The van der Waals surface area contributed by atoms with Crippen molar-refractivity contribution in [1.82, 2.24) is 24.5 Å². The molecule has 3 rings (SSSR count). The Morgan fingerprint density at radius 1 is 1.48 bits per heavy atom. The Kier molecular flexibility index (Phi) is 4.89. The monoisotopic (exact) mass is 349 g/mol. The normalized spacial score (nSPS) is 21.0. The van der Waals surface area contributed by atoms with Gasteiger partial charge in [0, 0.05) is 45.6 Å². The molecule has 0 unspecified atom stereocenters. The number of likely N-dealkylation sites (tertiary alicyclic amines) is 1. The van der Waals surface area contributed by atoms with Crippen LogP contribution in [-0.4, -0.2) is 62.8 Å². The molecule has 8 heteroatoms. The smallest absolute Gasteiger partial charge is 0.259 e. The maximum atomic E-state index is 14.0. The van der Waals surface area contributed by atoms with E-state index >= 15 is 0 Å². The molecule has 1 fully saturated rings. The maximum absolute atomic E-state index is 14.0. The molecule has 1 amide bonds. The van der Waals surface area contributed by atoms with Crippen LogP contribution < -0.4 is 0 Å². The largest absolute Gasteiger partial charge is 0.361 e. The van der Waals surface area contributed by atoms with E-state index in [0.29, 0.717) is 43.1 Å². The summed E-state index contributed by atoms with van der Waals surface area (Å²) in [6.07, 6.45) is 3.15. The molecule has 0 radical (unpaired) electrons. The molecule has 25 heavy (non-hydrogen) atoms. The van der Waals surface area contributed by atoms with Crippen LogP contribution in [0.15, 0.2) is 16.9 Å². The number of hydrogen-bond acceptors (Lipinski definition) is 5. The van der Waals surface area contributed by atoms with Crippen molar-refractivity contribution in [2.45, 2.75) is 39.0 Å². The van der Waals surface area contributed by atoms with Crippen LogP contribution in [0, 0.1) is 13.8 Å². The Morgan fingerprint density at radius 3 is 2.84 bits per heavy atom. The summed E-state index contributed by atoms with van der Waals surface area (Å²) in [6, 6.07) is -0.0406. The number of carbonyl (C=O) groups excluding carboxylic acids is 1. The van der Waals surface area contributed by atoms with Crippen molar-refractivity contribution in [3.63, 3.8) is 0 Å². The van der Waals surface area contributed by atoms with Crippen molar-refractivity contribution in [2.75, 3.05) is 20.1 Å². The van der Waals surface area contributed by atoms with Gasteiger partial charge >= 0.3 is 0 Å². The molecule has 3 heterocycles. The van der Waals surface area contributed by atoms with Gasteiger partial charge in [-0.2, -0.15) is 0 Å². The molecular formula is C17H24FN5O2. The molecule has 0 N–H and O–H groups in total. The number of rotatable bonds is 5. The first-order valence-corrected chi connectivity index (χ1v) is 8.39. The van der Waals surface area contributed by atoms with Gasteiger partial charge in [-0.1, -0.05) is 5.16 Å². The molecule has 7 nitrogen and oxygen atoms in total. The van der Waals surface area contributed by atoms with E-state index in [0.717, 1.165) is 5.82 Å². The van der Waals surface area contributed by atoms with Crippen LogP contribution in [0.3, 0.4) is 0 Å².